The molecule has 0 spiro atoms. The lowest BCUT2D eigenvalue weighted by Gasteiger charge is -2.27. The molecule has 0 aliphatic heterocycles. The topological polar surface area (TPSA) is 69.2 Å². The van der Waals surface area contributed by atoms with E-state index in [2.05, 4.69) is 5.32 Å². The number of benzene rings is 1. The number of nitrogens with one attached hydrogen (secondary N) is 1. The Kier molecular flexibility index (Phi) is 3.04. The molecule has 1 saturated carbocycles. The van der Waals surface area contributed by atoms with Crippen molar-refractivity contribution in [2.75, 3.05) is 5.32 Å². The summed E-state index contributed by atoms with van der Waals surface area (Å²) in [7, 11) is 0. The zero-order valence-corrected chi connectivity index (χ0v) is 10.6. The van der Waals surface area contributed by atoms with Crippen molar-refractivity contribution in [2.45, 2.75) is 6.42 Å². The standard InChI is InChI=1S/C15H14FNO3/c16-10-3-1-2-4-11(10)17-14(18)12-8-5-6-9(7-8)13(12)15(19)20/h1-6,8-9,12-13H,7H2,(H,17,18)(H,19,20)/p-1/t8-,9-,12+,13-/m0/s1. The highest BCUT2D eigenvalue weighted by Gasteiger charge is 2.48. The van der Waals surface area contributed by atoms with Gasteiger partial charge in [-0.1, -0.05) is 24.3 Å². The number of carbonyl (C=O) groups is 2. The van der Waals surface area contributed by atoms with E-state index in [4.69, 9.17) is 0 Å². The SMILES string of the molecule is O=C([O-])[C@@H]1[C@H](C(=O)Nc2ccccc2F)[C@H]2C=C[C@H]1C2. The number of hydrogen-bond donors (Lipinski definition) is 1. The van der Waals surface area contributed by atoms with Crippen LogP contribution in [-0.2, 0) is 9.59 Å². The van der Waals surface area contributed by atoms with E-state index in [0.29, 0.717) is 6.42 Å². The van der Waals surface area contributed by atoms with E-state index in [-0.39, 0.29) is 17.5 Å². The van der Waals surface area contributed by atoms with Crippen molar-refractivity contribution in [3.05, 3.63) is 42.2 Å². The van der Waals surface area contributed by atoms with Crippen LogP contribution in [0.5, 0.6) is 0 Å². The molecule has 20 heavy (non-hydrogen) atoms. The third-order valence-corrected chi connectivity index (χ3v) is 4.17. The number of para-hydroxylation sites is 1. The molecule has 2 aliphatic rings. The number of allylic oxidation sites excluding steroid dienone is 2. The Morgan fingerprint density at radius 2 is 1.80 bits per heavy atom. The quantitative estimate of drug-likeness (QED) is 0.834. The van der Waals surface area contributed by atoms with Crippen LogP contribution in [0.4, 0.5) is 10.1 Å². The van der Waals surface area contributed by atoms with E-state index in [1.807, 2.05) is 12.2 Å². The van der Waals surface area contributed by atoms with Crippen LogP contribution >= 0.6 is 0 Å². The fourth-order valence-electron chi connectivity index (χ4n) is 3.28. The number of hydrogen-bond acceptors (Lipinski definition) is 3. The zero-order valence-electron chi connectivity index (χ0n) is 10.6. The van der Waals surface area contributed by atoms with E-state index in [9.17, 15) is 19.1 Å². The predicted octanol–water partition coefficient (Wildman–Crippen LogP) is 0.952. The molecule has 1 fully saturated rings. The first-order chi connectivity index (χ1) is 9.58. The molecule has 0 saturated heterocycles. The number of carboxylic acid groups (broad SMARTS) is 1. The number of anilines is 1. The minimum atomic E-state index is -1.21. The Labute approximate surface area is 115 Å². The number of rotatable bonds is 3. The fraction of sp³-hybridized carbons (Fsp3) is 0.333. The lowest BCUT2D eigenvalue weighted by Crippen LogP contribution is -2.42. The highest BCUT2D eigenvalue weighted by atomic mass is 19.1. The molecule has 0 radical (unpaired) electrons. The normalized spacial score (nSPS) is 30.4. The summed E-state index contributed by atoms with van der Waals surface area (Å²) in [5.41, 5.74) is 0.0707. The van der Waals surface area contributed by atoms with E-state index in [0.717, 1.165) is 0 Å². The van der Waals surface area contributed by atoms with Crippen LogP contribution < -0.4 is 10.4 Å². The van der Waals surface area contributed by atoms with Crippen molar-refractivity contribution in [3.8, 4) is 0 Å². The van der Waals surface area contributed by atoms with Crippen LogP contribution in [0.15, 0.2) is 36.4 Å². The minimum absolute atomic E-state index is 0.0707. The summed E-state index contributed by atoms with van der Waals surface area (Å²) in [5.74, 6) is -3.97. The van der Waals surface area contributed by atoms with Gasteiger partial charge in [0.05, 0.1) is 11.6 Å². The van der Waals surface area contributed by atoms with Crippen molar-refractivity contribution in [1.29, 1.82) is 0 Å². The molecule has 1 amide bonds. The summed E-state index contributed by atoms with van der Waals surface area (Å²) >= 11 is 0. The molecule has 5 heteroatoms. The smallest absolute Gasteiger partial charge is 0.228 e. The molecule has 104 valence electrons. The van der Waals surface area contributed by atoms with Gasteiger partial charge in [0.15, 0.2) is 0 Å². The van der Waals surface area contributed by atoms with Gasteiger partial charge in [0.25, 0.3) is 0 Å². The lowest BCUT2D eigenvalue weighted by molar-refractivity contribution is -0.313. The van der Waals surface area contributed by atoms with E-state index in [1.165, 1.54) is 18.2 Å². The van der Waals surface area contributed by atoms with Gasteiger partial charge in [0, 0.05) is 11.9 Å². The first kappa shape index (κ1) is 12.8. The molecular weight excluding hydrogens is 261 g/mol. The summed E-state index contributed by atoms with van der Waals surface area (Å²) < 4.78 is 13.5. The summed E-state index contributed by atoms with van der Waals surface area (Å²) in [6, 6.07) is 5.82. The molecule has 0 heterocycles. The maximum Gasteiger partial charge on any atom is 0.228 e. The fourth-order valence-corrected chi connectivity index (χ4v) is 3.28. The van der Waals surface area contributed by atoms with E-state index >= 15 is 0 Å². The van der Waals surface area contributed by atoms with Crippen molar-refractivity contribution < 1.29 is 19.1 Å². The first-order valence-electron chi connectivity index (χ1n) is 6.52. The molecule has 1 N–H and O–H groups in total. The number of carbonyl (C=O) groups excluding carboxylic acids is 2. The molecule has 2 aliphatic carbocycles. The summed E-state index contributed by atoms with van der Waals surface area (Å²) in [6.45, 7) is 0. The summed E-state index contributed by atoms with van der Waals surface area (Å²) in [5, 5.41) is 13.7. The monoisotopic (exact) mass is 274 g/mol. The summed E-state index contributed by atoms with van der Waals surface area (Å²) in [4.78, 5) is 23.5. The van der Waals surface area contributed by atoms with Crippen LogP contribution in [0.25, 0.3) is 0 Å². The molecule has 0 unspecified atom stereocenters. The third-order valence-electron chi connectivity index (χ3n) is 4.17. The third kappa shape index (κ3) is 1.99. The van der Waals surface area contributed by atoms with Gasteiger partial charge in [0.1, 0.15) is 5.82 Å². The van der Waals surface area contributed by atoms with Gasteiger partial charge in [-0.05, 0) is 30.4 Å². The maximum atomic E-state index is 13.5. The van der Waals surface area contributed by atoms with Gasteiger partial charge in [-0.2, -0.15) is 0 Å². The molecule has 0 aromatic heterocycles. The Balaban J connectivity index is 1.82. The van der Waals surface area contributed by atoms with Crippen LogP contribution in [0, 0.1) is 29.5 Å². The van der Waals surface area contributed by atoms with Crippen molar-refractivity contribution >= 4 is 17.6 Å². The predicted molar refractivity (Wildman–Crippen MR) is 67.8 cm³/mol. The Morgan fingerprint density at radius 3 is 2.45 bits per heavy atom. The Bertz CT molecular complexity index is 599. The minimum Gasteiger partial charge on any atom is -0.550 e. The van der Waals surface area contributed by atoms with Crippen molar-refractivity contribution in [2.24, 2.45) is 23.7 Å². The molecule has 1 aromatic carbocycles. The van der Waals surface area contributed by atoms with Gasteiger partial charge in [-0.25, -0.2) is 4.39 Å². The average Bonchev–Trinajstić information content (AvgIpc) is 3.01. The Morgan fingerprint density at radius 1 is 1.15 bits per heavy atom. The van der Waals surface area contributed by atoms with Gasteiger partial charge in [-0.15, -0.1) is 0 Å². The van der Waals surface area contributed by atoms with Crippen LogP contribution in [0.1, 0.15) is 6.42 Å². The van der Waals surface area contributed by atoms with Crippen LogP contribution in [0.3, 0.4) is 0 Å². The van der Waals surface area contributed by atoms with Gasteiger partial charge >= 0.3 is 0 Å². The molecule has 4 nitrogen and oxygen atoms in total. The zero-order chi connectivity index (χ0) is 14.3. The number of amides is 1. The second-order valence-electron chi connectivity index (χ2n) is 5.29. The molecule has 4 atom stereocenters. The Hall–Kier alpha value is -2.17. The van der Waals surface area contributed by atoms with Gasteiger partial charge < -0.3 is 15.2 Å². The highest BCUT2D eigenvalue weighted by molar-refractivity contribution is 5.96. The molecule has 1 aromatic rings. The van der Waals surface area contributed by atoms with E-state index in [1.54, 1.807) is 6.07 Å². The highest BCUT2D eigenvalue weighted by Crippen LogP contribution is 2.48. The van der Waals surface area contributed by atoms with Crippen molar-refractivity contribution in [3.63, 3.8) is 0 Å². The molecular formula is C15H13FNO3-. The van der Waals surface area contributed by atoms with Crippen molar-refractivity contribution in [1.82, 2.24) is 0 Å². The average molecular weight is 274 g/mol. The number of fused-ring (bicyclic) bond motifs is 2. The molecule has 2 bridgehead atoms. The van der Waals surface area contributed by atoms with Gasteiger partial charge in [-0.3, -0.25) is 4.79 Å². The van der Waals surface area contributed by atoms with Gasteiger partial charge in [0.2, 0.25) is 5.91 Å². The summed E-state index contributed by atoms with van der Waals surface area (Å²) in [6.07, 6.45) is 4.35. The second-order valence-corrected chi connectivity index (χ2v) is 5.29. The lowest BCUT2D eigenvalue weighted by atomic mass is 9.82. The number of aliphatic carboxylic acids is 1. The van der Waals surface area contributed by atoms with Crippen LogP contribution in [0.2, 0.25) is 0 Å². The number of carboxylic acids is 1. The maximum absolute atomic E-state index is 13.5. The second kappa shape index (κ2) is 4.74. The first-order valence-corrected chi connectivity index (χ1v) is 6.52. The van der Waals surface area contributed by atoms with E-state index < -0.39 is 29.5 Å². The van der Waals surface area contributed by atoms with Crippen LogP contribution in [-0.4, -0.2) is 11.9 Å². The molecule has 3 rings (SSSR count). The largest absolute Gasteiger partial charge is 0.550 e. The number of halogens is 1.